The van der Waals surface area contributed by atoms with E-state index < -0.39 is 0 Å². The Labute approximate surface area is 106 Å². The summed E-state index contributed by atoms with van der Waals surface area (Å²) in [5, 5.41) is 5.79. The van der Waals surface area contributed by atoms with E-state index in [1.807, 2.05) is 29.2 Å². The summed E-state index contributed by atoms with van der Waals surface area (Å²) in [5.41, 5.74) is 3.63. The predicted molar refractivity (Wildman–Crippen MR) is 72.5 cm³/mol. The molecule has 0 aliphatic heterocycles. The molecular formula is C15H15N3. The number of pyridine rings is 1. The molecular weight excluding hydrogens is 222 g/mol. The monoisotopic (exact) mass is 237 g/mol. The molecule has 3 rings (SSSR count). The number of aromatic nitrogens is 3. The van der Waals surface area contributed by atoms with E-state index in [9.17, 15) is 0 Å². The number of benzene rings is 1. The van der Waals surface area contributed by atoms with E-state index in [0.29, 0.717) is 0 Å². The molecule has 0 saturated heterocycles. The fourth-order valence-corrected chi connectivity index (χ4v) is 2.10. The second-order valence-electron chi connectivity index (χ2n) is 4.43. The van der Waals surface area contributed by atoms with Crippen molar-refractivity contribution in [1.82, 2.24) is 14.8 Å². The van der Waals surface area contributed by atoms with Crippen molar-refractivity contribution >= 4 is 10.9 Å². The highest BCUT2D eigenvalue weighted by molar-refractivity contribution is 5.78. The maximum atomic E-state index is 4.58. The Balaban J connectivity index is 1.94. The minimum Gasteiger partial charge on any atom is -0.267 e. The second kappa shape index (κ2) is 4.61. The molecule has 0 bridgehead atoms. The van der Waals surface area contributed by atoms with Crippen LogP contribution >= 0.6 is 0 Å². The Hall–Kier alpha value is -2.16. The van der Waals surface area contributed by atoms with Crippen molar-refractivity contribution in [2.45, 2.75) is 19.9 Å². The predicted octanol–water partition coefficient (Wildman–Crippen LogP) is 3.04. The van der Waals surface area contributed by atoms with Gasteiger partial charge in [-0.15, -0.1) is 0 Å². The maximum absolute atomic E-state index is 4.58. The van der Waals surface area contributed by atoms with Crippen LogP contribution in [0.3, 0.4) is 0 Å². The largest absolute Gasteiger partial charge is 0.267 e. The average molecular weight is 237 g/mol. The first-order valence-electron chi connectivity index (χ1n) is 6.20. The molecule has 3 nitrogen and oxygen atoms in total. The Morgan fingerprint density at radius 2 is 1.89 bits per heavy atom. The van der Waals surface area contributed by atoms with Crippen LogP contribution in [0, 0.1) is 0 Å². The smallest absolute Gasteiger partial charge is 0.0923 e. The molecule has 0 spiro atoms. The molecule has 0 fully saturated rings. The van der Waals surface area contributed by atoms with Gasteiger partial charge in [0.05, 0.1) is 12.1 Å². The lowest BCUT2D eigenvalue weighted by molar-refractivity contribution is 0.695. The Morgan fingerprint density at radius 3 is 2.67 bits per heavy atom. The summed E-state index contributed by atoms with van der Waals surface area (Å²) in [6, 6.07) is 10.5. The first-order chi connectivity index (χ1) is 8.85. The van der Waals surface area contributed by atoms with Gasteiger partial charge in [0.2, 0.25) is 0 Å². The summed E-state index contributed by atoms with van der Waals surface area (Å²) < 4.78 is 1.99. The standard InChI is InChI=1S/C15H15N3/c1-2-12-3-4-15-14(9-12)11-18(17-15)10-13-5-7-16-8-6-13/h3-9,11H,2,10H2,1H3. The molecule has 0 atom stereocenters. The van der Waals surface area contributed by atoms with Crippen LogP contribution in [0.4, 0.5) is 0 Å². The normalized spacial score (nSPS) is 10.9. The second-order valence-corrected chi connectivity index (χ2v) is 4.43. The highest BCUT2D eigenvalue weighted by Gasteiger charge is 2.02. The summed E-state index contributed by atoms with van der Waals surface area (Å²) in [5.74, 6) is 0. The lowest BCUT2D eigenvalue weighted by Crippen LogP contribution is -1.99. The van der Waals surface area contributed by atoms with E-state index in [4.69, 9.17) is 0 Å². The number of nitrogens with zero attached hydrogens (tertiary/aromatic N) is 3. The lowest BCUT2D eigenvalue weighted by Gasteiger charge is -1.99. The molecule has 0 amide bonds. The number of hydrogen-bond donors (Lipinski definition) is 0. The Morgan fingerprint density at radius 1 is 1.06 bits per heavy atom. The quantitative estimate of drug-likeness (QED) is 0.701. The van der Waals surface area contributed by atoms with Gasteiger partial charge in [-0.05, 0) is 41.8 Å². The van der Waals surface area contributed by atoms with Crippen LogP contribution in [0.1, 0.15) is 18.1 Å². The van der Waals surface area contributed by atoms with Crippen LogP contribution in [-0.4, -0.2) is 14.8 Å². The fourth-order valence-electron chi connectivity index (χ4n) is 2.10. The highest BCUT2D eigenvalue weighted by Crippen LogP contribution is 2.15. The molecule has 0 saturated carbocycles. The van der Waals surface area contributed by atoms with Gasteiger partial charge < -0.3 is 0 Å². The van der Waals surface area contributed by atoms with E-state index >= 15 is 0 Å². The zero-order valence-electron chi connectivity index (χ0n) is 10.4. The summed E-state index contributed by atoms with van der Waals surface area (Å²) in [7, 11) is 0. The molecule has 3 heteroatoms. The van der Waals surface area contributed by atoms with Gasteiger partial charge in [-0.3, -0.25) is 9.67 Å². The van der Waals surface area contributed by atoms with Gasteiger partial charge in [-0.1, -0.05) is 13.0 Å². The van der Waals surface area contributed by atoms with E-state index in [-0.39, 0.29) is 0 Å². The minimum absolute atomic E-state index is 0.790. The van der Waals surface area contributed by atoms with Gasteiger partial charge in [0.25, 0.3) is 0 Å². The lowest BCUT2D eigenvalue weighted by atomic mass is 10.1. The molecule has 0 aliphatic rings. The van der Waals surface area contributed by atoms with Crippen LogP contribution in [0.2, 0.25) is 0 Å². The molecule has 18 heavy (non-hydrogen) atoms. The van der Waals surface area contributed by atoms with Crippen molar-refractivity contribution < 1.29 is 0 Å². The third kappa shape index (κ3) is 2.12. The number of fused-ring (bicyclic) bond motifs is 1. The topological polar surface area (TPSA) is 30.7 Å². The molecule has 3 aromatic rings. The minimum atomic E-state index is 0.790. The molecule has 0 aliphatic carbocycles. The van der Waals surface area contributed by atoms with Crippen LogP contribution in [0.5, 0.6) is 0 Å². The number of hydrogen-bond acceptors (Lipinski definition) is 2. The molecule has 1 aromatic carbocycles. The van der Waals surface area contributed by atoms with Crippen molar-refractivity contribution in [3.05, 3.63) is 60.0 Å². The van der Waals surface area contributed by atoms with Crippen LogP contribution in [0.25, 0.3) is 10.9 Å². The summed E-state index contributed by atoms with van der Waals surface area (Å²) >= 11 is 0. The summed E-state index contributed by atoms with van der Waals surface area (Å²) in [6.07, 6.45) is 6.79. The average Bonchev–Trinajstić information content (AvgIpc) is 2.80. The summed E-state index contributed by atoms with van der Waals surface area (Å²) in [4.78, 5) is 4.02. The van der Waals surface area contributed by atoms with Gasteiger partial charge in [0, 0.05) is 24.0 Å². The van der Waals surface area contributed by atoms with Crippen LogP contribution in [-0.2, 0) is 13.0 Å². The maximum Gasteiger partial charge on any atom is 0.0923 e. The molecule has 90 valence electrons. The van der Waals surface area contributed by atoms with Crippen molar-refractivity contribution in [1.29, 1.82) is 0 Å². The first kappa shape index (κ1) is 11.0. The zero-order chi connectivity index (χ0) is 12.4. The van der Waals surface area contributed by atoms with E-state index in [2.05, 4.69) is 41.4 Å². The van der Waals surface area contributed by atoms with Gasteiger partial charge in [0.1, 0.15) is 0 Å². The SMILES string of the molecule is CCc1ccc2nn(Cc3ccncc3)cc2c1. The van der Waals surface area contributed by atoms with Crippen molar-refractivity contribution in [3.63, 3.8) is 0 Å². The molecule has 2 heterocycles. The number of rotatable bonds is 3. The van der Waals surface area contributed by atoms with Gasteiger partial charge in [-0.25, -0.2) is 0 Å². The molecule has 0 radical (unpaired) electrons. The van der Waals surface area contributed by atoms with Crippen LogP contribution < -0.4 is 0 Å². The highest BCUT2D eigenvalue weighted by atomic mass is 15.3. The van der Waals surface area contributed by atoms with E-state index in [0.717, 1.165) is 18.5 Å². The number of aryl methyl sites for hydroxylation is 1. The van der Waals surface area contributed by atoms with Crippen LogP contribution in [0.15, 0.2) is 48.9 Å². The van der Waals surface area contributed by atoms with Gasteiger partial charge >= 0.3 is 0 Å². The molecule has 2 aromatic heterocycles. The van der Waals surface area contributed by atoms with Crippen molar-refractivity contribution in [2.75, 3.05) is 0 Å². The third-order valence-corrected chi connectivity index (χ3v) is 3.12. The zero-order valence-corrected chi connectivity index (χ0v) is 10.4. The van der Waals surface area contributed by atoms with Crippen molar-refractivity contribution in [3.8, 4) is 0 Å². The van der Waals surface area contributed by atoms with Gasteiger partial charge in [-0.2, -0.15) is 5.10 Å². The van der Waals surface area contributed by atoms with Gasteiger partial charge in [0.15, 0.2) is 0 Å². The third-order valence-electron chi connectivity index (χ3n) is 3.12. The Bertz CT molecular complexity index is 656. The fraction of sp³-hybridized carbons (Fsp3) is 0.200. The van der Waals surface area contributed by atoms with Crippen molar-refractivity contribution in [2.24, 2.45) is 0 Å². The molecule has 0 unspecified atom stereocenters. The molecule has 0 N–H and O–H groups in total. The summed E-state index contributed by atoms with van der Waals surface area (Å²) in [6.45, 7) is 2.96. The van der Waals surface area contributed by atoms with E-state index in [1.54, 1.807) is 0 Å². The Kier molecular flexibility index (Phi) is 2.81. The van der Waals surface area contributed by atoms with E-state index in [1.165, 1.54) is 16.5 Å². The first-order valence-corrected chi connectivity index (χ1v) is 6.20.